The molecule has 1 aliphatic heterocycles. The van der Waals surface area contributed by atoms with Gasteiger partial charge in [0.1, 0.15) is 0 Å². The molecule has 1 aromatic heterocycles. The minimum absolute atomic E-state index is 0.0465. The first kappa shape index (κ1) is 20.0. The second kappa shape index (κ2) is 7.96. The van der Waals surface area contributed by atoms with Crippen molar-refractivity contribution in [3.05, 3.63) is 123 Å². The normalized spacial score (nSPS) is 19.8. The highest BCUT2D eigenvalue weighted by molar-refractivity contribution is 5.63. The van der Waals surface area contributed by atoms with Crippen molar-refractivity contribution in [2.75, 3.05) is 5.32 Å². The number of nitrogens with one attached hydrogen (secondary N) is 1. The molecule has 0 fully saturated rings. The molecule has 4 aromatic rings. The monoisotopic (exact) mass is 425 g/mol. The van der Waals surface area contributed by atoms with Crippen LogP contribution in [0.25, 0.3) is 0 Å². The fraction of sp³-hybridized carbons (Fsp3) is 0.192. The standard InChI is InChI=1S/C26H23N3O3/c1-16-13-14-21-20(15-16)22(18-9-5-3-6-10-18)23(24(27-21)19-11-7-4-8-12-19)26-25(29(30)31)17(2)28-32-26/h3-15,22-24,27H,1-2H3/t22-,23+,24+/m1/s1. The summed E-state index contributed by atoms with van der Waals surface area (Å²) in [5, 5.41) is 19.7. The maximum Gasteiger partial charge on any atom is 0.334 e. The number of fused-ring (bicyclic) bond motifs is 1. The highest BCUT2D eigenvalue weighted by Crippen LogP contribution is 2.54. The molecule has 0 spiro atoms. The van der Waals surface area contributed by atoms with Crippen molar-refractivity contribution in [2.45, 2.75) is 31.7 Å². The molecule has 0 aliphatic carbocycles. The van der Waals surface area contributed by atoms with Crippen molar-refractivity contribution in [2.24, 2.45) is 0 Å². The Hall–Kier alpha value is -3.93. The van der Waals surface area contributed by atoms with E-state index in [0.29, 0.717) is 11.5 Å². The second-order valence-corrected chi connectivity index (χ2v) is 8.28. The van der Waals surface area contributed by atoms with Crippen LogP contribution in [-0.4, -0.2) is 10.1 Å². The first-order chi connectivity index (χ1) is 15.5. The van der Waals surface area contributed by atoms with Crippen LogP contribution in [0.3, 0.4) is 0 Å². The van der Waals surface area contributed by atoms with Crippen molar-refractivity contribution in [3.63, 3.8) is 0 Å². The number of anilines is 1. The van der Waals surface area contributed by atoms with E-state index in [1.807, 2.05) is 48.5 Å². The molecule has 0 saturated heterocycles. The third kappa shape index (κ3) is 3.34. The van der Waals surface area contributed by atoms with Gasteiger partial charge in [-0.15, -0.1) is 0 Å². The van der Waals surface area contributed by atoms with Gasteiger partial charge in [-0.3, -0.25) is 10.1 Å². The van der Waals surface area contributed by atoms with Crippen molar-refractivity contribution >= 4 is 11.4 Å². The van der Waals surface area contributed by atoms with E-state index < -0.39 is 0 Å². The Bertz CT molecular complexity index is 1270. The molecule has 32 heavy (non-hydrogen) atoms. The van der Waals surface area contributed by atoms with Crippen LogP contribution in [0, 0.1) is 24.0 Å². The molecule has 3 aromatic carbocycles. The van der Waals surface area contributed by atoms with E-state index in [9.17, 15) is 10.1 Å². The molecule has 2 heterocycles. The third-order valence-electron chi connectivity index (χ3n) is 6.23. The summed E-state index contributed by atoms with van der Waals surface area (Å²) in [6, 6.07) is 26.2. The van der Waals surface area contributed by atoms with Crippen molar-refractivity contribution < 1.29 is 9.45 Å². The Labute approximate surface area is 186 Å². The van der Waals surface area contributed by atoms with Crippen molar-refractivity contribution in [3.8, 4) is 0 Å². The number of nitro groups is 1. The van der Waals surface area contributed by atoms with Crippen LogP contribution in [0.4, 0.5) is 11.4 Å². The number of rotatable bonds is 4. The number of hydrogen-bond donors (Lipinski definition) is 1. The molecule has 160 valence electrons. The minimum Gasteiger partial charge on any atom is -0.377 e. The van der Waals surface area contributed by atoms with E-state index >= 15 is 0 Å². The topological polar surface area (TPSA) is 81.2 Å². The maximum atomic E-state index is 12.0. The Morgan fingerprint density at radius 1 is 0.938 bits per heavy atom. The predicted molar refractivity (Wildman–Crippen MR) is 123 cm³/mol. The van der Waals surface area contributed by atoms with E-state index in [0.717, 1.165) is 27.9 Å². The largest absolute Gasteiger partial charge is 0.377 e. The van der Waals surface area contributed by atoms with E-state index in [-0.39, 0.29) is 28.5 Å². The number of aryl methyl sites for hydroxylation is 2. The van der Waals surface area contributed by atoms with Crippen molar-refractivity contribution in [1.82, 2.24) is 5.16 Å². The van der Waals surface area contributed by atoms with Crippen LogP contribution in [0.1, 0.15) is 51.6 Å². The van der Waals surface area contributed by atoms with Crippen LogP contribution in [0.5, 0.6) is 0 Å². The Morgan fingerprint density at radius 3 is 2.25 bits per heavy atom. The van der Waals surface area contributed by atoms with E-state index in [2.05, 4.69) is 47.7 Å². The van der Waals surface area contributed by atoms with Gasteiger partial charge in [-0.1, -0.05) is 83.5 Å². The molecule has 0 saturated carbocycles. The molecule has 5 rings (SSSR count). The fourth-order valence-corrected chi connectivity index (χ4v) is 4.84. The fourth-order valence-electron chi connectivity index (χ4n) is 4.84. The van der Waals surface area contributed by atoms with Crippen molar-refractivity contribution in [1.29, 1.82) is 0 Å². The zero-order valence-corrected chi connectivity index (χ0v) is 17.9. The summed E-state index contributed by atoms with van der Waals surface area (Å²) >= 11 is 0. The molecule has 0 radical (unpaired) electrons. The zero-order chi connectivity index (χ0) is 22.2. The van der Waals surface area contributed by atoms with Gasteiger partial charge in [0.2, 0.25) is 5.76 Å². The van der Waals surface area contributed by atoms with Crippen LogP contribution in [0.15, 0.2) is 83.4 Å². The summed E-state index contributed by atoms with van der Waals surface area (Å²) in [5.41, 5.74) is 5.60. The van der Waals surface area contributed by atoms with Gasteiger partial charge in [0.05, 0.1) is 16.9 Å². The van der Waals surface area contributed by atoms with Crippen LogP contribution in [0.2, 0.25) is 0 Å². The number of hydrogen-bond acceptors (Lipinski definition) is 5. The minimum atomic E-state index is -0.378. The highest BCUT2D eigenvalue weighted by Gasteiger charge is 2.45. The van der Waals surface area contributed by atoms with Crippen LogP contribution >= 0.6 is 0 Å². The maximum absolute atomic E-state index is 12.0. The molecule has 1 aliphatic rings. The molecular formula is C26H23N3O3. The van der Waals surface area contributed by atoms with E-state index in [4.69, 9.17) is 4.52 Å². The van der Waals surface area contributed by atoms with Crippen LogP contribution in [-0.2, 0) is 0 Å². The van der Waals surface area contributed by atoms with E-state index in [1.165, 1.54) is 0 Å². The number of benzene rings is 3. The quantitative estimate of drug-likeness (QED) is 0.307. The number of aromatic nitrogens is 1. The third-order valence-corrected chi connectivity index (χ3v) is 6.23. The van der Waals surface area contributed by atoms with Crippen LogP contribution < -0.4 is 5.32 Å². The van der Waals surface area contributed by atoms with Gasteiger partial charge >= 0.3 is 5.69 Å². The van der Waals surface area contributed by atoms with Gasteiger partial charge in [0, 0.05) is 11.6 Å². The summed E-state index contributed by atoms with van der Waals surface area (Å²) < 4.78 is 5.71. The second-order valence-electron chi connectivity index (χ2n) is 8.28. The first-order valence-electron chi connectivity index (χ1n) is 10.6. The molecular weight excluding hydrogens is 402 g/mol. The lowest BCUT2D eigenvalue weighted by atomic mass is 9.70. The summed E-state index contributed by atoms with van der Waals surface area (Å²) in [7, 11) is 0. The molecule has 6 heteroatoms. The molecule has 0 unspecified atom stereocenters. The molecule has 6 nitrogen and oxygen atoms in total. The summed E-state index contributed by atoms with van der Waals surface area (Å²) in [6.45, 7) is 3.68. The van der Waals surface area contributed by atoms with Gasteiger partial charge in [-0.05, 0) is 36.6 Å². The Kier molecular flexibility index (Phi) is 4.98. The van der Waals surface area contributed by atoms with Gasteiger partial charge in [-0.2, -0.15) is 0 Å². The van der Waals surface area contributed by atoms with Gasteiger partial charge in [0.25, 0.3) is 0 Å². The zero-order valence-electron chi connectivity index (χ0n) is 17.9. The van der Waals surface area contributed by atoms with Gasteiger partial charge in [-0.25, -0.2) is 0 Å². The molecule has 0 bridgehead atoms. The first-order valence-corrected chi connectivity index (χ1v) is 10.6. The smallest absolute Gasteiger partial charge is 0.334 e. The molecule has 0 amide bonds. The van der Waals surface area contributed by atoms with Gasteiger partial charge in [0.15, 0.2) is 5.69 Å². The van der Waals surface area contributed by atoms with E-state index in [1.54, 1.807) is 6.92 Å². The number of nitrogens with zero attached hydrogens (tertiary/aromatic N) is 2. The summed E-state index contributed by atoms with van der Waals surface area (Å²) in [4.78, 5) is 11.6. The SMILES string of the molecule is Cc1ccc2c(c1)[C@@H](c1ccccc1)[C@H](c1onc(C)c1[N+](=O)[O-])[C@H](c1ccccc1)N2. The summed E-state index contributed by atoms with van der Waals surface area (Å²) in [6.07, 6.45) is 0. The predicted octanol–water partition coefficient (Wildman–Crippen LogP) is 6.28. The lowest BCUT2D eigenvalue weighted by Gasteiger charge is -2.40. The summed E-state index contributed by atoms with van der Waals surface area (Å²) in [5.74, 6) is -0.214. The van der Waals surface area contributed by atoms with Gasteiger partial charge < -0.3 is 9.84 Å². The Balaban J connectivity index is 1.81. The lowest BCUT2D eigenvalue weighted by Crippen LogP contribution is -2.31. The Morgan fingerprint density at radius 2 is 1.59 bits per heavy atom. The molecule has 3 atom stereocenters. The molecule has 1 N–H and O–H groups in total. The average Bonchev–Trinajstić information content (AvgIpc) is 3.20. The average molecular weight is 425 g/mol. The highest BCUT2D eigenvalue weighted by atomic mass is 16.6. The lowest BCUT2D eigenvalue weighted by molar-refractivity contribution is -0.386.